The quantitative estimate of drug-likeness (QED) is 0.0188. The van der Waals surface area contributed by atoms with Crippen LogP contribution in [-0.4, -0.2) is 139 Å². The standard InChI is InChI=1S/C32H49NO5.C16H21NO3.C16H22O4.C13H16O3/c1-23(2)24-17-19-25(20-18-24)32(3,4)33-31(34)35-21-15-13-11-9-7-5-6-8-10-12-14-16-26-28(37-26)30-29(38-30)27-22-36-27;1-11(2)12-6-5-7-13(8-12)16(3,4)17-15(18)20-10-14-9-19-14;1-8(2)16(17)19-4-3-18-12-6-9-5-11(12)14-10(9)7-13-15(14)20-13;1-3-4-10-5-6-12(13(7-10)14-2)16-9-11-8-15-11/h17-20,26-30H,1,5-16,21-22H2,2-4H3,(H,33,34);5-8,14H,1,9-10H2,2-4H3,(H,17,18);9-15H,1,3-7H2,2H3;3-7,11H,8-9H2,1-2H3. The van der Waals surface area contributed by atoms with E-state index in [9.17, 15) is 14.4 Å². The Morgan fingerprint density at radius 2 is 1.22 bits per heavy atom. The second-order valence-electron chi connectivity index (χ2n) is 28.2. The van der Waals surface area contributed by atoms with E-state index in [1.54, 1.807) is 14.0 Å². The molecule has 2 amide bonds. The minimum Gasteiger partial charge on any atom is -0.493 e. The number of alkyl carbamates (subject to hydrolysis) is 2. The van der Waals surface area contributed by atoms with Crippen LogP contribution in [0.4, 0.5) is 9.59 Å². The van der Waals surface area contributed by atoms with Crippen molar-refractivity contribution in [1.29, 1.82) is 0 Å². The first-order valence-corrected chi connectivity index (χ1v) is 34.8. The van der Waals surface area contributed by atoms with Crippen LogP contribution >= 0.6 is 0 Å². The summed E-state index contributed by atoms with van der Waals surface area (Å²) < 4.78 is 65.1. The van der Waals surface area contributed by atoms with Crippen molar-refractivity contribution < 1.29 is 71.2 Å². The molecule has 6 saturated heterocycles. The van der Waals surface area contributed by atoms with E-state index in [-0.39, 0.29) is 24.3 Å². The number of fused-ring (bicyclic) bond motifs is 7. The van der Waals surface area contributed by atoms with Gasteiger partial charge in [-0.15, -0.1) is 0 Å². The van der Waals surface area contributed by atoms with Crippen LogP contribution in [0.15, 0.2) is 98.1 Å². The summed E-state index contributed by atoms with van der Waals surface area (Å²) in [6.45, 7) is 31.5. The van der Waals surface area contributed by atoms with Gasteiger partial charge in [0.05, 0.1) is 75.6 Å². The zero-order valence-electron chi connectivity index (χ0n) is 57.6. The molecule has 17 heteroatoms. The Balaban J connectivity index is 0.000000158. The van der Waals surface area contributed by atoms with Crippen molar-refractivity contribution in [3.63, 3.8) is 0 Å². The number of allylic oxidation sites excluding steroid dienone is 3. The average Bonchev–Trinajstić information content (AvgIpc) is 1.55. The molecule has 0 radical (unpaired) electrons. The van der Waals surface area contributed by atoms with E-state index in [4.69, 9.17) is 56.8 Å². The Bertz CT molecular complexity index is 3020. The lowest BCUT2D eigenvalue weighted by molar-refractivity contribution is -0.141. The van der Waals surface area contributed by atoms with E-state index in [1.165, 1.54) is 83.5 Å². The van der Waals surface area contributed by atoms with Crippen LogP contribution in [0.25, 0.3) is 17.2 Å². The number of amides is 2. The van der Waals surface area contributed by atoms with Gasteiger partial charge in [0, 0.05) is 5.57 Å². The molecule has 0 aromatic heterocycles. The Hall–Kier alpha value is -6.05. The molecular formula is C77H108N2O15. The van der Waals surface area contributed by atoms with E-state index in [1.807, 2.05) is 127 Å². The number of carbonyl (C=O) groups is 3. The fraction of sp³-hybridized carbons (Fsp3) is 0.623. The van der Waals surface area contributed by atoms with Gasteiger partial charge in [-0.1, -0.05) is 156 Å². The van der Waals surface area contributed by atoms with Crippen LogP contribution in [0.5, 0.6) is 11.5 Å². The van der Waals surface area contributed by atoms with Gasteiger partial charge in [-0.25, -0.2) is 14.4 Å². The molecule has 9 fully saturated rings. The van der Waals surface area contributed by atoms with Gasteiger partial charge in [0.2, 0.25) is 0 Å². The molecule has 3 saturated carbocycles. The molecule has 3 aliphatic carbocycles. The van der Waals surface area contributed by atoms with Crippen LogP contribution in [0.1, 0.15) is 180 Å². The molecule has 516 valence electrons. The molecule has 94 heavy (non-hydrogen) atoms. The molecule has 6 heterocycles. The molecule has 2 bridgehead atoms. The maximum absolute atomic E-state index is 12.3. The number of esters is 1. The van der Waals surface area contributed by atoms with Gasteiger partial charge in [-0.3, -0.25) is 0 Å². The average molecular weight is 1300 g/mol. The SMILES string of the molecule is C=C(C)C(=O)OCCOC1CC2CC1C1C2CC2OC21.C=C(C)c1ccc(C(C)(C)NC(=O)OCCCCCCCCCCCCCC2OC2C2OC2C2CO2)cc1.C=C(C)c1cccc(C(C)(C)NC(=O)OCC2CO2)c1.CC=Cc1ccc(OCC2CO2)c(OC)c1. The number of epoxide rings is 6. The highest BCUT2D eigenvalue weighted by molar-refractivity contribution is 5.86. The molecule has 6 aliphatic heterocycles. The summed E-state index contributed by atoms with van der Waals surface area (Å²) in [5.74, 6) is 4.39. The Labute approximate surface area is 559 Å². The Kier molecular flexibility index (Phi) is 26.3. The molecule has 2 N–H and O–H groups in total. The van der Waals surface area contributed by atoms with Crippen molar-refractivity contribution in [2.75, 3.05) is 60.0 Å². The maximum atomic E-state index is 12.3. The summed E-state index contributed by atoms with van der Waals surface area (Å²) in [6.07, 6.45) is 25.7. The lowest BCUT2D eigenvalue weighted by Crippen LogP contribution is -2.41. The van der Waals surface area contributed by atoms with Crippen LogP contribution in [0.2, 0.25) is 0 Å². The monoisotopic (exact) mass is 1300 g/mol. The fourth-order valence-electron chi connectivity index (χ4n) is 13.6. The molecule has 9 aliphatic rings. The molecule has 17 nitrogen and oxygen atoms in total. The van der Waals surface area contributed by atoms with Gasteiger partial charge in [-0.05, 0) is 157 Å². The third-order valence-electron chi connectivity index (χ3n) is 19.5. The zero-order chi connectivity index (χ0) is 66.9. The molecule has 12 rings (SSSR count). The lowest BCUT2D eigenvalue weighted by Gasteiger charge is -2.32. The van der Waals surface area contributed by atoms with Crippen LogP contribution in [0.3, 0.4) is 0 Å². The van der Waals surface area contributed by atoms with E-state index in [2.05, 4.69) is 30.4 Å². The summed E-state index contributed by atoms with van der Waals surface area (Å²) in [6, 6.07) is 22.0. The van der Waals surface area contributed by atoms with Gasteiger partial charge in [0.25, 0.3) is 0 Å². The second kappa shape index (κ2) is 34.2. The van der Waals surface area contributed by atoms with Crippen molar-refractivity contribution >= 4 is 35.4 Å². The minimum atomic E-state index is -0.507. The van der Waals surface area contributed by atoms with Gasteiger partial charge >= 0.3 is 18.2 Å². The molecule has 0 spiro atoms. The van der Waals surface area contributed by atoms with Crippen LogP contribution in [0, 0.1) is 23.7 Å². The Morgan fingerprint density at radius 1 is 0.585 bits per heavy atom. The van der Waals surface area contributed by atoms with E-state index < -0.39 is 17.2 Å². The number of carbonyl (C=O) groups excluding carboxylic acids is 3. The van der Waals surface area contributed by atoms with Crippen LogP contribution in [-0.2, 0) is 63.2 Å². The van der Waals surface area contributed by atoms with E-state index in [0.717, 1.165) is 94.3 Å². The number of ether oxygens (including phenoxy) is 12. The molecular weight excluding hydrogens is 1190 g/mol. The fourth-order valence-corrected chi connectivity index (χ4v) is 13.6. The highest BCUT2D eigenvalue weighted by atomic mass is 16.7. The highest BCUT2D eigenvalue weighted by Gasteiger charge is 2.67. The number of methoxy groups -OCH3 is 1. The number of benzene rings is 3. The number of hydrogen-bond acceptors (Lipinski definition) is 15. The topological polar surface area (TPSA) is 206 Å². The predicted molar refractivity (Wildman–Crippen MR) is 364 cm³/mol. The van der Waals surface area contributed by atoms with E-state index in [0.29, 0.717) is 100.0 Å². The van der Waals surface area contributed by atoms with Crippen molar-refractivity contribution in [1.82, 2.24) is 10.6 Å². The first kappa shape index (κ1) is 72.2. The normalized spacial score (nSPS) is 27.2. The number of nitrogens with one attached hydrogen (secondary N) is 2. The number of unbranched alkanes of at least 4 members (excludes halogenated alkanes) is 10. The van der Waals surface area contributed by atoms with Crippen molar-refractivity contribution in [3.8, 4) is 11.5 Å². The summed E-state index contributed by atoms with van der Waals surface area (Å²) >= 11 is 0. The molecule has 14 atom stereocenters. The summed E-state index contributed by atoms with van der Waals surface area (Å²) in [4.78, 5) is 35.3. The van der Waals surface area contributed by atoms with Gasteiger partial charge in [-0.2, -0.15) is 0 Å². The summed E-state index contributed by atoms with van der Waals surface area (Å²) in [5.41, 5.74) is 6.81. The van der Waals surface area contributed by atoms with Crippen molar-refractivity contribution in [2.45, 2.75) is 224 Å². The molecule has 3 aromatic carbocycles. The first-order valence-electron chi connectivity index (χ1n) is 34.8. The molecule has 14 unspecified atom stereocenters. The van der Waals surface area contributed by atoms with Gasteiger partial charge in [0.1, 0.15) is 56.4 Å². The van der Waals surface area contributed by atoms with Crippen molar-refractivity contribution in [2.24, 2.45) is 23.7 Å². The highest BCUT2D eigenvalue weighted by Crippen LogP contribution is 2.64. The second-order valence-corrected chi connectivity index (χ2v) is 28.2. The largest absolute Gasteiger partial charge is 0.493 e. The maximum Gasteiger partial charge on any atom is 0.407 e. The third kappa shape index (κ3) is 22.3. The zero-order valence-corrected chi connectivity index (χ0v) is 57.6. The van der Waals surface area contributed by atoms with Gasteiger partial charge in [0.15, 0.2) is 11.5 Å². The summed E-state index contributed by atoms with van der Waals surface area (Å²) in [5, 5.41) is 5.87. The molecule has 3 aromatic rings. The van der Waals surface area contributed by atoms with E-state index >= 15 is 0 Å². The van der Waals surface area contributed by atoms with Gasteiger partial charge < -0.3 is 67.5 Å². The van der Waals surface area contributed by atoms with Crippen LogP contribution < -0.4 is 20.1 Å². The smallest absolute Gasteiger partial charge is 0.407 e. The predicted octanol–water partition coefficient (Wildman–Crippen LogP) is 14.8. The first-order chi connectivity index (χ1) is 45.2. The Morgan fingerprint density at radius 3 is 1.85 bits per heavy atom. The number of rotatable bonds is 34. The van der Waals surface area contributed by atoms with Crippen molar-refractivity contribution in [3.05, 3.63) is 126 Å². The summed E-state index contributed by atoms with van der Waals surface area (Å²) in [7, 11) is 1.65. The lowest BCUT2D eigenvalue weighted by atomic mass is 9.79. The minimum absolute atomic E-state index is 0.0793. The number of hydrogen-bond donors (Lipinski definition) is 2. The third-order valence-corrected chi connectivity index (χ3v) is 19.5.